The summed E-state index contributed by atoms with van der Waals surface area (Å²) in [4.78, 5) is 19.1. The minimum atomic E-state index is -0.719. The number of anilines is 1. The van der Waals surface area contributed by atoms with E-state index in [2.05, 4.69) is 15.6 Å². The van der Waals surface area contributed by atoms with Crippen LogP contribution in [0.4, 0.5) is 15.0 Å². The number of halogens is 2. The Balaban J connectivity index is 1.41. The van der Waals surface area contributed by atoms with Gasteiger partial charge in [0.2, 0.25) is 0 Å². The maximum atomic E-state index is 13.8. The average molecular weight is 449 g/mol. The third-order valence-corrected chi connectivity index (χ3v) is 6.09. The molecule has 2 aliphatic rings. The van der Waals surface area contributed by atoms with Crippen molar-refractivity contribution in [2.24, 2.45) is 0 Å². The zero-order valence-electron chi connectivity index (χ0n) is 17.1. The number of hydrogen-bond acceptors (Lipinski definition) is 5. The zero-order chi connectivity index (χ0) is 21.8. The van der Waals surface area contributed by atoms with Gasteiger partial charge in [-0.1, -0.05) is 17.7 Å². The van der Waals surface area contributed by atoms with E-state index in [1.807, 2.05) is 12.3 Å². The van der Waals surface area contributed by atoms with E-state index in [1.165, 1.54) is 12.1 Å². The Morgan fingerprint density at radius 2 is 2.13 bits per heavy atom. The summed E-state index contributed by atoms with van der Waals surface area (Å²) < 4.78 is 19.2. The molecule has 1 saturated heterocycles. The first-order valence-electron chi connectivity index (χ1n) is 10.5. The number of fused-ring (bicyclic) bond motifs is 1. The second kappa shape index (κ2) is 9.80. The molecule has 31 heavy (non-hydrogen) atoms. The van der Waals surface area contributed by atoms with Crippen molar-refractivity contribution in [2.75, 3.05) is 31.7 Å². The zero-order valence-corrected chi connectivity index (χ0v) is 17.9. The van der Waals surface area contributed by atoms with Crippen LogP contribution >= 0.6 is 11.6 Å². The van der Waals surface area contributed by atoms with Crippen molar-refractivity contribution in [1.82, 2.24) is 15.2 Å². The molecule has 0 spiro atoms. The number of pyridine rings is 1. The van der Waals surface area contributed by atoms with E-state index in [4.69, 9.17) is 16.3 Å². The SMILES string of the molecule is O=C(NC(CO)c1ccc(Cl)c(F)c1)N1CCc2cnc(NC3CCOCC3)cc2C1. The fourth-order valence-corrected chi connectivity index (χ4v) is 4.06. The van der Waals surface area contributed by atoms with E-state index in [-0.39, 0.29) is 17.7 Å². The first-order chi connectivity index (χ1) is 15.0. The Kier molecular flexibility index (Phi) is 6.89. The van der Waals surface area contributed by atoms with Gasteiger partial charge in [-0.15, -0.1) is 0 Å². The van der Waals surface area contributed by atoms with Crippen LogP contribution < -0.4 is 10.6 Å². The Labute approximate surface area is 185 Å². The van der Waals surface area contributed by atoms with Gasteiger partial charge < -0.3 is 25.4 Å². The minimum Gasteiger partial charge on any atom is -0.394 e. The van der Waals surface area contributed by atoms with Crippen LogP contribution in [0.2, 0.25) is 5.02 Å². The van der Waals surface area contributed by atoms with E-state index in [1.54, 1.807) is 11.0 Å². The van der Waals surface area contributed by atoms with Crippen LogP contribution in [0.1, 0.15) is 35.6 Å². The van der Waals surface area contributed by atoms with Crippen molar-refractivity contribution in [3.63, 3.8) is 0 Å². The highest BCUT2D eigenvalue weighted by Gasteiger charge is 2.24. The first kappa shape index (κ1) is 21.8. The molecule has 0 radical (unpaired) electrons. The highest BCUT2D eigenvalue weighted by Crippen LogP contribution is 2.24. The number of nitrogens with one attached hydrogen (secondary N) is 2. The fraction of sp³-hybridized carbons (Fsp3) is 0.455. The highest BCUT2D eigenvalue weighted by molar-refractivity contribution is 6.30. The number of aliphatic hydroxyl groups excluding tert-OH is 1. The summed E-state index contributed by atoms with van der Waals surface area (Å²) in [7, 11) is 0. The second-order valence-corrected chi connectivity index (χ2v) is 8.31. The number of benzene rings is 1. The predicted octanol–water partition coefficient (Wildman–Crippen LogP) is 3.27. The van der Waals surface area contributed by atoms with Crippen LogP contribution in [0, 0.1) is 5.82 Å². The first-order valence-corrected chi connectivity index (χ1v) is 10.8. The lowest BCUT2D eigenvalue weighted by Crippen LogP contribution is -2.44. The third kappa shape index (κ3) is 5.26. The number of amides is 2. The molecule has 1 atom stereocenters. The molecule has 7 nitrogen and oxygen atoms in total. The van der Waals surface area contributed by atoms with Crippen molar-refractivity contribution >= 4 is 23.4 Å². The molecule has 1 aromatic heterocycles. The topological polar surface area (TPSA) is 86.7 Å². The molecule has 2 aliphatic heterocycles. The number of ether oxygens (including phenoxy) is 1. The van der Waals surface area contributed by atoms with Crippen LogP contribution in [-0.4, -0.2) is 53.4 Å². The number of urea groups is 1. The molecule has 9 heteroatoms. The highest BCUT2D eigenvalue weighted by atomic mass is 35.5. The summed E-state index contributed by atoms with van der Waals surface area (Å²) in [6.45, 7) is 2.14. The van der Waals surface area contributed by atoms with Gasteiger partial charge in [0.1, 0.15) is 11.6 Å². The molecule has 0 saturated carbocycles. The molecule has 3 heterocycles. The largest absolute Gasteiger partial charge is 0.394 e. The molecule has 0 aliphatic carbocycles. The number of nitrogens with zero attached hydrogens (tertiary/aromatic N) is 2. The molecule has 2 aromatic rings. The Morgan fingerprint density at radius 1 is 1.32 bits per heavy atom. The maximum Gasteiger partial charge on any atom is 0.318 e. The maximum absolute atomic E-state index is 13.8. The number of carbonyl (C=O) groups is 1. The van der Waals surface area contributed by atoms with Crippen molar-refractivity contribution in [2.45, 2.75) is 37.9 Å². The van der Waals surface area contributed by atoms with Gasteiger partial charge in [-0.25, -0.2) is 14.2 Å². The van der Waals surface area contributed by atoms with Gasteiger partial charge in [-0.2, -0.15) is 0 Å². The van der Waals surface area contributed by atoms with E-state index >= 15 is 0 Å². The molecule has 3 N–H and O–H groups in total. The minimum absolute atomic E-state index is 0.00169. The quantitative estimate of drug-likeness (QED) is 0.653. The fourth-order valence-electron chi connectivity index (χ4n) is 3.94. The van der Waals surface area contributed by atoms with Gasteiger partial charge >= 0.3 is 6.03 Å². The molecular weight excluding hydrogens is 423 g/mol. The van der Waals surface area contributed by atoms with E-state index in [9.17, 15) is 14.3 Å². The molecular formula is C22H26ClFN4O3. The molecule has 4 rings (SSSR count). The molecule has 1 unspecified atom stereocenters. The number of aliphatic hydroxyl groups is 1. The Morgan fingerprint density at radius 3 is 2.87 bits per heavy atom. The van der Waals surface area contributed by atoms with Crippen molar-refractivity contribution < 1.29 is 19.0 Å². The normalized spacial score (nSPS) is 17.7. The number of rotatable bonds is 5. The summed E-state index contributed by atoms with van der Waals surface area (Å²) in [5.41, 5.74) is 2.63. The van der Waals surface area contributed by atoms with Gasteiger partial charge in [0, 0.05) is 38.5 Å². The van der Waals surface area contributed by atoms with Crippen molar-refractivity contribution in [3.05, 3.63) is 58.0 Å². The standard InChI is InChI=1S/C22H26ClFN4O3/c23-18-2-1-14(9-19(18)24)20(13-29)27-22(30)28-6-3-15-11-25-21(10-16(15)12-28)26-17-4-7-31-8-5-17/h1-2,9-11,17,20,29H,3-8,12-13H2,(H,25,26)(H,27,30). The number of carbonyl (C=O) groups excluding carboxylic acids is 1. The van der Waals surface area contributed by atoms with E-state index in [0.717, 1.165) is 43.0 Å². The smallest absolute Gasteiger partial charge is 0.318 e. The summed E-state index contributed by atoms with van der Waals surface area (Å²) in [5, 5.41) is 16.0. The van der Waals surface area contributed by atoms with E-state index < -0.39 is 11.9 Å². The second-order valence-electron chi connectivity index (χ2n) is 7.90. The third-order valence-electron chi connectivity index (χ3n) is 5.78. The van der Waals surface area contributed by atoms with Crippen molar-refractivity contribution in [1.29, 1.82) is 0 Å². The van der Waals surface area contributed by atoms with Gasteiger partial charge in [0.05, 0.1) is 17.7 Å². The summed E-state index contributed by atoms with van der Waals surface area (Å²) in [5.74, 6) is 0.216. The number of hydrogen-bond donors (Lipinski definition) is 3. The van der Waals surface area contributed by atoms with Gasteiger partial charge in [0.25, 0.3) is 0 Å². The summed E-state index contributed by atoms with van der Waals surface area (Å²) in [6.07, 6.45) is 4.47. The lowest BCUT2D eigenvalue weighted by molar-refractivity contribution is 0.0904. The Hall–Kier alpha value is -2.42. The molecule has 2 amide bonds. The predicted molar refractivity (Wildman–Crippen MR) is 116 cm³/mol. The van der Waals surface area contributed by atoms with Crippen LogP contribution in [0.15, 0.2) is 30.5 Å². The summed E-state index contributed by atoms with van der Waals surface area (Å²) in [6, 6.07) is 5.56. The summed E-state index contributed by atoms with van der Waals surface area (Å²) >= 11 is 5.73. The molecule has 1 fully saturated rings. The molecule has 0 bridgehead atoms. The van der Waals surface area contributed by atoms with Gasteiger partial charge in [-0.05, 0) is 54.2 Å². The van der Waals surface area contributed by atoms with Gasteiger partial charge in [-0.3, -0.25) is 0 Å². The Bertz CT molecular complexity index is 939. The van der Waals surface area contributed by atoms with Crippen LogP contribution in [0.25, 0.3) is 0 Å². The monoisotopic (exact) mass is 448 g/mol. The van der Waals surface area contributed by atoms with Crippen LogP contribution in [0.3, 0.4) is 0 Å². The van der Waals surface area contributed by atoms with Crippen molar-refractivity contribution in [3.8, 4) is 0 Å². The van der Waals surface area contributed by atoms with Crippen LogP contribution in [0.5, 0.6) is 0 Å². The molecule has 1 aromatic carbocycles. The lowest BCUT2D eigenvalue weighted by atomic mass is 10.0. The molecule has 166 valence electrons. The van der Waals surface area contributed by atoms with Gasteiger partial charge in [0.15, 0.2) is 0 Å². The van der Waals surface area contributed by atoms with E-state index in [0.29, 0.717) is 31.1 Å². The lowest BCUT2D eigenvalue weighted by Gasteiger charge is -2.31. The number of aromatic nitrogens is 1. The van der Waals surface area contributed by atoms with Crippen LogP contribution in [-0.2, 0) is 17.7 Å². The average Bonchev–Trinajstić information content (AvgIpc) is 2.79.